The Kier molecular flexibility index (Phi) is 4.88. The number of aromatic nitrogens is 1. The van der Waals surface area contributed by atoms with Gasteiger partial charge in [0.05, 0.1) is 5.69 Å². The molecular weight excluding hydrogens is 234 g/mol. The lowest BCUT2D eigenvalue weighted by Gasteiger charge is -2.07. The maximum Gasteiger partial charge on any atom is 0.256 e. The van der Waals surface area contributed by atoms with Crippen LogP contribution in [0.15, 0.2) is 4.52 Å². The van der Waals surface area contributed by atoms with Gasteiger partial charge in [-0.25, -0.2) is 0 Å². The van der Waals surface area contributed by atoms with E-state index in [0.29, 0.717) is 30.1 Å². The lowest BCUT2D eigenvalue weighted by molar-refractivity contribution is -0.118. The number of carbonyl (C=O) groups is 2. The summed E-state index contributed by atoms with van der Waals surface area (Å²) in [5, 5.41) is 9.14. The van der Waals surface area contributed by atoms with E-state index >= 15 is 0 Å². The molecule has 0 spiro atoms. The Balaban J connectivity index is 2.61. The van der Waals surface area contributed by atoms with Crippen LogP contribution in [-0.2, 0) is 4.79 Å². The Hall–Kier alpha value is -1.85. The van der Waals surface area contributed by atoms with E-state index in [0.717, 1.165) is 0 Å². The van der Waals surface area contributed by atoms with Crippen LogP contribution in [0.1, 0.15) is 48.5 Å². The topological polar surface area (TPSA) is 84.2 Å². The number of hydrogen-bond acceptors (Lipinski definition) is 4. The van der Waals surface area contributed by atoms with Crippen molar-refractivity contribution in [2.75, 3.05) is 13.1 Å². The Labute approximate surface area is 106 Å². The molecule has 0 radical (unpaired) electrons. The number of hydrogen-bond donors (Lipinski definition) is 2. The van der Waals surface area contributed by atoms with E-state index in [-0.39, 0.29) is 17.7 Å². The van der Waals surface area contributed by atoms with Gasteiger partial charge in [-0.05, 0) is 6.92 Å². The number of aryl methyl sites for hydroxylation is 1. The van der Waals surface area contributed by atoms with Crippen LogP contribution in [0.25, 0.3) is 0 Å². The Morgan fingerprint density at radius 1 is 1.28 bits per heavy atom. The van der Waals surface area contributed by atoms with Crippen LogP contribution in [0, 0.1) is 6.92 Å². The molecule has 0 saturated carbocycles. The average Bonchev–Trinajstić information content (AvgIpc) is 2.66. The van der Waals surface area contributed by atoms with Crippen molar-refractivity contribution in [1.82, 2.24) is 15.8 Å². The number of nitrogens with one attached hydrogen (secondary N) is 2. The van der Waals surface area contributed by atoms with Crippen molar-refractivity contribution >= 4 is 11.8 Å². The van der Waals surface area contributed by atoms with E-state index in [4.69, 9.17) is 4.52 Å². The first-order chi connectivity index (χ1) is 8.43. The molecule has 1 aromatic heterocycles. The van der Waals surface area contributed by atoms with Gasteiger partial charge >= 0.3 is 0 Å². The van der Waals surface area contributed by atoms with Gasteiger partial charge in [0.1, 0.15) is 5.56 Å². The van der Waals surface area contributed by atoms with Crippen LogP contribution < -0.4 is 10.6 Å². The van der Waals surface area contributed by atoms with Crippen LogP contribution >= 0.6 is 0 Å². The molecule has 2 amide bonds. The minimum Gasteiger partial charge on any atom is -0.360 e. The minimum absolute atomic E-state index is 0.0993. The van der Waals surface area contributed by atoms with Crippen LogP contribution in [0.5, 0.6) is 0 Å². The maximum atomic E-state index is 12.0. The Bertz CT molecular complexity index is 438. The van der Waals surface area contributed by atoms with Crippen molar-refractivity contribution in [3.8, 4) is 0 Å². The van der Waals surface area contributed by atoms with Crippen LogP contribution in [0.2, 0.25) is 0 Å². The lowest BCUT2D eigenvalue weighted by atomic mass is 10.0. The van der Waals surface area contributed by atoms with E-state index < -0.39 is 0 Å². The summed E-state index contributed by atoms with van der Waals surface area (Å²) < 4.78 is 5.14. The molecule has 1 heterocycles. The normalized spacial score (nSPS) is 10.5. The molecule has 0 fully saturated rings. The summed E-state index contributed by atoms with van der Waals surface area (Å²) >= 11 is 0. The molecule has 1 rings (SSSR count). The van der Waals surface area contributed by atoms with E-state index in [1.165, 1.54) is 6.92 Å². The highest BCUT2D eigenvalue weighted by atomic mass is 16.5. The molecule has 0 unspecified atom stereocenters. The highest BCUT2D eigenvalue weighted by Gasteiger charge is 2.21. The van der Waals surface area contributed by atoms with Gasteiger partial charge in [-0.1, -0.05) is 19.0 Å². The van der Waals surface area contributed by atoms with Gasteiger partial charge in [0, 0.05) is 25.9 Å². The SMILES string of the molecule is CC(=O)NCCNC(=O)c1c(C)noc1C(C)C. The third-order valence-corrected chi connectivity index (χ3v) is 2.43. The molecule has 1 aromatic rings. The zero-order valence-corrected chi connectivity index (χ0v) is 11.2. The highest BCUT2D eigenvalue weighted by Crippen LogP contribution is 2.21. The molecule has 2 N–H and O–H groups in total. The minimum atomic E-state index is -0.220. The molecule has 0 atom stereocenters. The van der Waals surface area contributed by atoms with E-state index in [2.05, 4.69) is 15.8 Å². The third-order valence-electron chi connectivity index (χ3n) is 2.43. The Morgan fingerprint density at radius 3 is 2.44 bits per heavy atom. The summed E-state index contributed by atoms with van der Waals surface area (Å²) in [5.74, 6) is 0.350. The molecule has 6 heteroatoms. The average molecular weight is 253 g/mol. The molecule has 0 aliphatic heterocycles. The number of rotatable bonds is 5. The van der Waals surface area contributed by atoms with E-state index in [1.807, 2.05) is 13.8 Å². The van der Waals surface area contributed by atoms with E-state index in [1.54, 1.807) is 6.92 Å². The summed E-state index contributed by atoms with van der Waals surface area (Å²) in [5.41, 5.74) is 1.07. The number of amides is 2. The summed E-state index contributed by atoms with van der Waals surface area (Å²) in [4.78, 5) is 22.6. The van der Waals surface area contributed by atoms with Gasteiger partial charge in [-0.2, -0.15) is 0 Å². The molecular formula is C12H19N3O3. The molecule has 0 saturated heterocycles. The number of carbonyl (C=O) groups excluding carboxylic acids is 2. The maximum absolute atomic E-state index is 12.0. The lowest BCUT2D eigenvalue weighted by Crippen LogP contribution is -2.34. The van der Waals surface area contributed by atoms with E-state index in [9.17, 15) is 9.59 Å². The van der Waals surface area contributed by atoms with Crippen molar-refractivity contribution in [3.63, 3.8) is 0 Å². The summed E-state index contributed by atoms with van der Waals surface area (Å²) in [6, 6.07) is 0. The van der Waals surface area contributed by atoms with Gasteiger partial charge in [0.25, 0.3) is 5.91 Å². The molecule has 0 aliphatic carbocycles. The first kappa shape index (κ1) is 14.2. The summed E-state index contributed by atoms with van der Waals surface area (Å²) in [6.45, 7) is 7.83. The molecule has 0 aromatic carbocycles. The molecule has 0 aliphatic rings. The van der Waals surface area contributed by atoms with Gasteiger partial charge in [0.15, 0.2) is 5.76 Å². The van der Waals surface area contributed by atoms with Crippen molar-refractivity contribution in [2.45, 2.75) is 33.6 Å². The third kappa shape index (κ3) is 3.58. The fourth-order valence-corrected chi connectivity index (χ4v) is 1.56. The van der Waals surface area contributed by atoms with Crippen LogP contribution in [0.3, 0.4) is 0 Å². The number of nitrogens with zero attached hydrogens (tertiary/aromatic N) is 1. The van der Waals surface area contributed by atoms with Gasteiger partial charge in [-0.3, -0.25) is 9.59 Å². The monoisotopic (exact) mass is 253 g/mol. The van der Waals surface area contributed by atoms with Crippen molar-refractivity contribution < 1.29 is 14.1 Å². The van der Waals surface area contributed by atoms with Crippen molar-refractivity contribution in [1.29, 1.82) is 0 Å². The van der Waals surface area contributed by atoms with Crippen molar-refractivity contribution in [2.24, 2.45) is 0 Å². The van der Waals surface area contributed by atoms with Gasteiger partial charge in [-0.15, -0.1) is 0 Å². The zero-order chi connectivity index (χ0) is 13.7. The molecule has 18 heavy (non-hydrogen) atoms. The Morgan fingerprint density at radius 2 is 1.89 bits per heavy atom. The smallest absolute Gasteiger partial charge is 0.256 e. The summed E-state index contributed by atoms with van der Waals surface area (Å²) in [6.07, 6.45) is 0. The second-order valence-electron chi connectivity index (χ2n) is 4.40. The summed E-state index contributed by atoms with van der Waals surface area (Å²) in [7, 11) is 0. The molecule has 100 valence electrons. The zero-order valence-electron chi connectivity index (χ0n) is 11.2. The van der Waals surface area contributed by atoms with Gasteiger partial charge < -0.3 is 15.2 Å². The second kappa shape index (κ2) is 6.18. The van der Waals surface area contributed by atoms with Crippen LogP contribution in [-0.4, -0.2) is 30.1 Å². The van der Waals surface area contributed by atoms with Crippen molar-refractivity contribution in [3.05, 3.63) is 17.0 Å². The van der Waals surface area contributed by atoms with Crippen LogP contribution in [0.4, 0.5) is 0 Å². The highest BCUT2D eigenvalue weighted by molar-refractivity contribution is 5.96. The predicted octanol–water partition coefficient (Wildman–Crippen LogP) is 0.972. The fourth-order valence-electron chi connectivity index (χ4n) is 1.56. The largest absolute Gasteiger partial charge is 0.360 e. The fraction of sp³-hybridized carbons (Fsp3) is 0.583. The van der Waals surface area contributed by atoms with Gasteiger partial charge in [0.2, 0.25) is 5.91 Å². The first-order valence-corrected chi connectivity index (χ1v) is 5.92. The predicted molar refractivity (Wildman–Crippen MR) is 66.3 cm³/mol. The molecule has 0 bridgehead atoms. The standard InChI is InChI=1S/C12H19N3O3/c1-7(2)11-10(8(3)15-18-11)12(17)14-6-5-13-9(4)16/h7H,5-6H2,1-4H3,(H,13,16)(H,14,17). The quantitative estimate of drug-likeness (QED) is 0.766. The first-order valence-electron chi connectivity index (χ1n) is 5.92. The second-order valence-corrected chi connectivity index (χ2v) is 4.40. The molecule has 6 nitrogen and oxygen atoms in total.